The van der Waals surface area contributed by atoms with Gasteiger partial charge in [0, 0.05) is 7.05 Å². The lowest BCUT2D eigenvalue weighted by atomic mass is 10.0. The Morgan fingerprint density at radius 3 is 2.00 bits per heavy atom. The number of sulfonamides is 1. The van der Waals surface area contributed by atoms with Crippen LogP contribution >= 0.6 is 0 Å². The maximum absolute atomic E-state index is 12.5. The minimum Gasteiger partial charge on any atom is -0.200 e. The molecule has 0 amide bonds. The molecule has 0 aliphatic rings. The molecular weight excluding hydrogens is 344 g/mol. The molecule has 0 saturated heterocycles. The van der Waals surface area contributed by atoms with Crippen LogP contribution in [0, 0.1) is 6.92 Å². The highest BCUT2D eigenvalue weighted by Gasteiger charge is 2.18. The smallest absolute Gasteiger partial charge is 0.200 e. The molecule has 5 heteroatoms. The molecule has 0 aliphatic carbocycles. The first-order valence-electron chi connectivity index (χ1n) is 8.22. The molecule has 3 aromatic rings. The van der Waals surface area contributed by atoms with Gasteiger partial charge in [0.1, 0.15) is 0 Å². The number of hydrazone groups is 1. The molecule has 3 aromatic carbocycles. The van der Waals surface area contributed by atoms with E-state index in [1.807, 2.05) is 61.5 Å². The zero-order valence-electron chi connectivity index (χ0n) is 14.7. The quantitative estimate of drug-likeness (QED) is 0.500. The van der Waals surface area contributed by atoms with Crippen LogP contribution in [0.15, 0.2) is 88.9 Å². The van der Waals surface area contributed by atoms with Crippen LogP contribution in [-0.2, 0) is 10.0 Å². The standard InChI is InChI=1S/C21H20N2O2S/c1-17-8-14-21(15-9-17)26(24,25)23(2)22-16-18-10-12-20(13-11-18)19-6-4-3-5-7-19/h3-16H,1-2H3. The number of benzene rings is 3. The minimum atomic E-state index is -3.64. The zero-order chi connectivity index (χ0) is 18.6. The van der Waals surface area contributed by atoms with E-state index in [2.05, 4.69) is 5.10 Å². The van der Waals surface area contributed by atoms with E-state index in [-0.39, 0.29) is 4.90 Å². The number of aryl methyl sites for hydroxylation is 1. The second kappa shape index (κ2) is 7.54. The Kier molecular flexibility index (Phi) is 5.19. The van der Waals surface area contributed by atoms with Gasteiger partial charge in [0.25, 0.3) is 10.0 Å². The average molecular weight is 364 g/mol. The summed E-state index contributed by atoms with van der Waals surface area (Å²) in [7, 11) is -2.21. The van der Waals surface area contributed by atoms with Gasteiger partial charge in [-0.15, -0.1) is 0 Å². The number of hydrogen-bond donors (Lipinski definition) is 0. The normalized spacial score (nSPS) is 11.6. The van der Waals surface area contributed by atoms with Crippen molar-refractivity contribution in [1.82, 2.24) is 4.41 Å². The lowest BCUT2D eigenvalue weighted by molar-refractivity contribution is 0.491. The number of rotatable bonds is 5. The SMILES string of the molecule is Cc1ccc(S(=O)(=O)N(C)N=Cc2ccc(-c3ccccc3)cc2)cc1. The molecular formula is C21H20N2O2S. The van der Waals surface area contributed by atoms with Crippen LogP contribution in [0.5, 0.6) is 0 Å². The van der Waals surface area contributed by atoms with Crippen LogP contribution in [0.2, 0.25) is 0 Å². The second-order valence-corrected chi connectivity index (χ2v) is 7.93. The Balaban J connectivity index is 1.75. The van der Waals surface area contributed by atoms with E-state index in [1.54, 1.807) is 30.5 Å². The minimum absolute atomic E-state index is 0.224. The topological polar surface area (TPSA) is 49.7 Å². The first-order chi connectivity index (χ1) is 12.5. The fourth-order valence-corrected chi connectivity index (χ4v) is 3.42. The second-order valence-electron chi connectivity index (χ2n) is 5.98. The third kappa shape index (κ3) is 4.00. The molecule has 0 bridgehead atoms. The van der Waals surface area contributed by atoms with E-state index in [0.717, 1.165) is 26.7 Å². The van der Waals surface area contributed by atoms with Crippen LogP contribution in [0.3, 0.4) is 0 Å². The molecule has 0 N–H and O–H groups in total. The van der Waals surface area contributed by atoms with Crippen molar-refractivity contribution < 1.29 is 8.42 Å². The lowest BCUT2D eigenvalue weighted by Crippen LogP contribution is -2.21. The van der Waals surface area contributed by atoms with Crippen LogP contribution in [0.1, 0.15) is 11.1 Å². The van der Waals surface area contributed by atoms with Crippen molar-refractivity contribution in [3.63, 3.8) is 0 Å². The molecule has 4 nitrogen and oxygen atoms in total. The number of nitrogens with zero attached hydrogens (tertiary/aromatic N) is 2. The maximum Gasteiger partial charge on any atom is 0.278 e. The van der Waals surface area contributed by atoms with E-state index in [9.17, 15) is 8.42 Å². The molecule has 0 saturated carbocycles. The molecule has 0 unspecified atom stereocenters. The summed E-state index contributed by atoms with van der Waals surface area (Å²) < 4.78 is 26.0. The zero-order valence-corrected chi connectivity index (χ0v) is 15.5. The average Bonchev–Trinajstić information content (AvgIpc) is 2.67. The Morgan fingerprint density at radius 2 is 1.38 bits per heavy atom. The van der Waals surface area contributed by atoms with Gasteiger partial charge in [-0.25, -0.2) is 0 Å². The summed E-state index contributed by atoms with van der Waals surface area (Å²) in [6, 6.07) is 24.6. The van der Waals surface area contributed by atoms with Crippen LogP contribution in [0.25, 0.3) is 11.1 Å². The summed E-state index contributed by atoms with van der Waals surface area (Å²) in [5, 5.41) is 4.09. The van der Waals surface area contributed by atoms with E-state index in [0.29, 0.717) is 0 Å². The predicted molar refractivity (Wildman–Crippen MR) is 106 cm³/mol. The monoisotopic (exact) mass is 364 g/mol. The van der Waals surface area contributed by atoms with Gasteiger partial charge in [-0.3, -0.25) is 0 Å². The highest BCUT2D eigenvalue weighted by Crippen LogP contribution is 2.19. The Labute approximate surface area is 154 Å². The van der Waals surface area contributed by atoms with Gasteiger partial charge in [0.15, 0.2) is 0 Å². The van der Waals surface area contributed by atoms with E-state index >= 15 is 0 Å². The molecule has 0 aliphatic heterocycles. The largest absolute Gasteiger partial charge is 0.278 e. The summed E-state index contributed by atoms with van der Waals surface area (Å²) >= 11 is 0. The summed E-state index contributed by atoms with van der Waals surface area (Å²) in [4.78, 5) is 0.224. The molecule has 0 aromatic heterocycles. The van der Waals surface area contributed by atoms with Crippen LogP contribution in [-0.4, -0.2) is 26.1 Å². The van der Waals surface area contributed by atoms with Gasteiger partial charge in [0.05, 0.1) is 11.1 Å². The molecule has 26 heavy (non-hydrogen) atoms. The van der Waals surface area contributed by atoms with Gasteiger partial charge in [0.2, 0.25) is 0 Å². The van der Waals surface area contributed by atoms with Crippen molar-refractivity contribution in [1.29, 1.82) is 0 Å². The van der Waals surface area contributed by atoms with E-state index in [4.69, 9.17) is 0 Å². The van der Waals surface area contributed by atoms with E-state index < -0.39 is 10.0 Å². The van der Waals surface area contributed by atoms with Crippen molar-refractivity contribution in [3.05, 3.63) is 90.0 Å². The van der Waals surface area contributed by atoms with Gasteiger partial charge in [-0.1, -0.05) is 72.3 Å². The van der Waals surface area contributed by atoms with Gasteiger partial charge < -0.3 is 0 Å². The molecule has 0 spiro atoms. The van der Waals surface area contributed by atoms with Gasteiger partial charge in [-0.05, 0) is 35.7 Å². The van der Waals surface area contributed by atoms with E-state index in [1.165, 1.54) is 7.05 Å². The fourth-order valence-electron chi connectivity index (χ4n) is 2.47. The fraction of sp³-hybridized carbons (Fsp3) is 0.0952. The Hall–Kier alpha value is -2.92. The summed E-state index contributed by atoms with van der Waals surface area (Å²) in [6.07, 6.45) is 1.54. The molecule has 0 heterocycles. The van der Waals surface area contributed by atoms with Crippen molar-refractivity contribution in [3.8, 4) is 11.1 Å². The van der Waals surface area contributed by atoms with Crippen molar-refractivity contribution in [2.24, 2.45) is 5.10 Å². The summed E-state index contributed by atoms with van der Waals surface area (Å²) in [5.74, 6) is 0. The van der Waals surface area contributed by atoms with Crippen molar-refractivity contribution in [2.45, 2.75) is 11.8 Å². The van der Waals surface area contributed by atoms with Crippen molar-refractivity contribution in [2.75, 3.05) is 7.05 Å². The third-order valence-electron chi connectivity index (χ3n) is 4.05. The van der Waals surface area contributed by atoms with Crippen LogP contribution < -0.4 is 0 Å². The Morgan fingerprint density at radius 1 is 0.808 bits per heavy atom. The first kappa shape index (κ1) is 17.9. The highest BCUT2D eigenvalue weighted by atomic mass is 32.2. The molecule has 0 fully saturated rings. The molecule has 132 valence electrons. The van der Waals surface area contributed by atoms with Crippen LogP contribution in [0.4, 0.5) is 0 Å². The maximum atomic E-state index is 12.5. The van der Waals surface area contributed by atoms with Gasteiger partial charge >= 0.3 is 0 Å². The summed E-state index contributed by atoms with van der Waals surface area (Å²) in [5.41, 5.74) is 4.07. The van der Waals surface area contributed by atoms with Gasteiger partial charge in [-0.2, -0.15) is 17.9 Å². The molecule has 3 rings (SSSR count). The molecule has 0 atom stereocenters. The summed E-state index contributed by atoms with van der Waals surface area (Å²) in [6.45, 7) is 1.91. The Bertz CT molecular complexity index is 994. The predicted octanol–water partition coefficient (Wildman–Crippen LogP) is 4.32. The molecule has 0 radical (unpaired) electrons. The highest BCUT2D eigenvalue weighted by molar-refractivity contribution is 7.89. The van der Waals surface area contributed by atoms with Crippen molar-refractivity contribution >= 4 is 16.2 Å². The lowest BCUT2D eigenvalue weighted by Gasteiger charge is -2.13. The first-order valence-corrected chi connectivity index (χ1v) is 9.66. The third-order valence-corrected chi connectivity index (χ3v) is 5.71. The number of hydrogen-bond acceptors (Lipinski definition) is 3.